The first-order chi connectivity index (χ1) is 7.33. The van der Waals surface area contributed by atoms with Crippen LogP contribution in [-0.2, 0) is 11.2 Å². The van der Waals surface area contributed by atoms with Gasteiger partial charge in [-0.1, -0.05) is 12.1 Å². The highest BCUT2D eigenvalue weighted by atomic mass is 16.6. The SMILES string of the molecule is CCc1noc(C)c1NC(=O)OC(C)(C)C. The Bertz CT molecular complexity index is 377. The molecule has 0 spiro atoms. The predicted octanol–water partition coefficient (Wildman–Crippen LogP) is 2.89. The van der Waals surface area contributed by atoms with Crippen LogP contribution in [0.3, 0.4) is 0 Å². The van der Waals surface area contributed by atoms with Crippen LogP contribution in [0.2, 0.25) is 0 Å². The van der Waals surface area contributed by atoms with Gasteiger partial charge in [-0.15, -0.1) is 0 Å². The van der Waals surface area contributed by atoms with Crippen LogP contribution in [0.4, 0.5) is 10.5 Å². The molecule has 0 fully saturated rings. The highest BCUT2D eigenvalue weighted by Crippen LogP contribution is 2.21. The van der Waals surface area contributed by atoms with Gasteiger partial charge in [0.15, 0.2) is 5.76 Å². The van der Waals surface area contributed by atoms with Gasteiger partial charge in [-0.25, -0.2) is 4.79 Å². The van der Waals surface area contributed by atoms with Crippen molar-refractivity contribution in [2.45, 2.75) is 46.6 Å². The molecule has 90 valence electrons. The number of aromatic nitrogens is 1. The molecule has 5 heteroatoms. The van der Waals surface area contributed by atoms with Crippen molar-refractivity contribution in [2.24, 2.45) is 0 Å². The second kappa shape index (κ2) is 4.55. The molecule has 0 aromatic carbocycles. The lowest BCUT2D eigenvalue weighted by Crippen LogP contribution is -2.27. The average Bonchev–Trinajstić information content (AvgIpc) is 2.44. The lowest BCUT2D eigenvalue weighted by atomic mass is 10.2. The molecule has 0 bridgehead atoms. The summed E-state index contributed by atoms with van der Waals surface area (Å²) in [6.07, 6.45) is 0.205. The third-order valence-corrected chi connectivity index (χ3v) is 1.89. The minimum atomic E-state index is -0.512. The van der Waals surface area contributed by atoms with Gasteiger partial charge in [-0.3, -0.25) is 5.32 Å². The first-order valence-corrected chi connectivity index (χ1v) is 5.28. The molecule has 1 amide bonds. The van der Waals surface area contributed by atoms with Crippen molar-refractivity contribution >= 4 is 11.8 Å². The maximum Gasteiger partial charge on any atom is 0.412 e. The van der Waals surface area contributed by atoms with Gasteiger partial charge in [0.05, 0.1) is 0 Å². The van der Waals surface area contributed by atoms with Crippen LogP contribution in [0, 0.1) is 6.92 Å². The molecular weight excluding hydrogens is 208 g/mol. The summed E-state index contributed by atoms with van der Waals surface area (Å²) < 4.78 is 10.1. The second-order valence-corrected chi connectivity index (χ2v) is 4.54. The number of carbonyl (C=O) groups excluding carboxylic acids is 1. The van der Waals surface area contributed by atoms with Crippen LogP contribution in [0.1, 0.15) is 39.1 Å². The van der Waals surface area contributed by atoms with Gasteiger partial charge >= 0.3 is 6.09 Å². The molecule has 0 saturated heterocycles. The van der Waals surface area contributed by atoms with Crippen LogP contribution in [-0.4, -0.2) is 16.9 Å². The molecule has 16 heavy (non-hydrogen) atoms. The highest BCUT2D eigenvalue weighted by Gasteiger charge is 2.19. The Morgan fingerprint density at radius 3 is 2.62 bits per heavy atom. The van der Waals surface area contributed by atoms with Gasteiger partial charge in [-0.05, 0) is 34.1 Å². The van der Waals surface area contributed by atoms with E-state index in [1.807, 2.05) is 27.7 Å². The summed E-state index contributed by atoms with van der Waals surface area (Å²) in [6, 6.07) is 0. The summed E-state index contributed by atoms with van der Waals surface area (Å²) in [5.74, 6) is 0.586. The number of hydrogen-bond donors (Lipinski definition) is 1. The molecule has 5 nitrogen and oxygen atoms in total. The summed E-state index contributed by atoms with van der Waals surface area (Å²) in [6.45, 7) is 9.13. The zero-order valence-corrected chi connectivity index (χ0v) is 10.4. The largest absolute Gasteiger partial charge is 0.444 e. The first kappa shape index (κ1) is 12.5. The third kappa shape index (κ3) is 3.25. The topological polar surface area (TPSA) is 64.4 Å². The highest BCUT2D eigenvalue weighted by molar-refractivity contribution is 5.86. The van der Waals surface area contributed by atoms with E-state index in [0.29, 0.717) is 17.9 Å². The molecule has 0 atom stereocenters. The molecule has 1 rings (SSSR count). The quantitative estimate of drug-likeness (QED) is 0.842. The van der Waals surface area contributed by atoms with E-state index in [9.17, 15) is 4.79 Å². The van der Waals surface area contributed by atoms with Gasteiger partial charge in [0, 0.05) is 0 Å². The molecule has 0 radical (unpaired) electrons. The van der Waals surface area contributed by atoms with Crippen LogP contribution in [0.15, 0.2) is 4.52 Å². The van der Waals surface area contributed by atoms with Crippen molar-refractivity contribution in [3.63, 3.8) is 0 Å². The van der Waals surface area contributed by atoms with Crippen molar-refractivity contribution in [2.75, 3.05) is 5.32 Å². The Kier molecular flexibility index (Phi) is 3.57. The number of nitrogens with one attached hydrogen (secondary N) is 1. The molecule has 1 aromatic heterocycles. The smallest absolute Gasteiger partial charge is 0.412 e. The third-order valence-electron chi connectivity index (χ3n) is 1.89. The number of hydrogen-bond acceptors (Lipinski definition) is 4. The van der Waals surface area contributed by atoms with Crippen molar-refractivity contribution in [1.29, 1.82) is 0 Å². The van der Waals surface area contributed by atoms with E-state index in [1.54, 1.807) is 6.92 Å². The predicted molar refractivity (Wildman–Crippen MR) is 60.5 cm³/mol. The van der Waals surface area contributed by atoms with Crippen LogP contribution in [0.5, 0.6) is 0 Å². The molecule has 0 unspecified atom stereocenters. The van der Waals surface area contributed by atoms with Crippen LogP contribution in [0.25, 0.3) is 0 Å². The van der Waals surface area contributed by atoms with Gasteiger partial charge in [0.25, 0.3) is 0 Å². The Hall–Kier alpha value is -1.52. The normalized spacial score (nSPS) is 11.3. The number of anilines is 1. The number of amides is 1. The van der Waals surface area contributed by atoms with Gasteiger partial charge < -0.3 is 9.26 Å². The van der Waals surface area contributed by atoms with E-state index in [0.717, 1.165) is 5.69 Å². The number of nitrogens with zero attached hydrogens (tertiary/aromatic N) is 1. The Morgan fingerprint density at radius 1 is 1.50 bits per heavy atom. The molecule has 0 aliphatic heterocycles. The van der Waals surface area contributed by atoms with Gasteiger partial charge in [-0.2, -0.15) is 0 Å². The summed E-state index contributed by atoms with van der Waals surface area (Å²) >= 11 is 0. The minimum absolute atomic E-state index is 0.492. The van der Waals surface area contributed by atoms with E-state index in [1.165, 1.54) is 0 Å². The van der Waals surface area contributed by atoms with E-state index >= 15 is 0 Å². The van der Waals surface area contributed by atoms with Gasteiger partial charge in [0.2, 0.25) is 0 Å². The van der Waals surface area contributed by atoms with E-state index < -0.39 is 11.7 Å². The number of aryl methyl sites for hydroxylation is 2. The Balaban J connectivity index is 2.73. The standard InChI is InChI=1S/C11H18N2O3/c1-6-8-9(7(2)16-13-8)12-10(14)15-11(3,4)5/h6H2,1-5H3,(H,12,14). The number of rotatable bonds is 2. The first-order valence-electron chi connectivity index (χ1n) is 5.28. The summed E-state index contributed by atoms with van der Waals surface area (Å²) in [5, 5.41) is 6.49. The molecule has 1 aromatic rings. The fourth-order valence-electron chi connectivity index (χ4n) is 1.23. The Labute approximate surface area is 95.1 Å². The van der Waals surface area contributed by atoms with E-state index in [4.69, 9.17) is 9.26 Å². The second-order valence-electron chi connectivity index (χ2n) is 4.54. The van der Waals surface area contributed by atoms with E-state index in [-0.39, 0.29) is 0 Å². The fourth-order valence-corrected chi connectivity index (χ4v) is 1.23. The number of carbonyl (C=O) groups is 1. The zero-order chi connectivity index (χ0) is 12.3. The Morgan fingerprint density at radius 2 is 2.12 bits per heavy atom. The van der Waals surface area contributed by atoms with E-state index in [2.05, 4.69) is 10.5 Å². The maximum atomic E-state index is 11.5. The molecule has 0 aliphatic rings. The lowest BCUT2D eigenvalue weighted by Gasteiger charge is -2.19. The number of ether oxygens (including phenoxy) is 1. The van der Waals surface area contributed by atoms with Crippen molar-refractivity contribution in [3.8, 4) is 0 Å². The van der Waals surface area contributed by atoms with Crippen LogP contribution >= 0.6 is 0 Å². The zero-order valence-electron chi connectivity index (χ0n) is 10.4. The van der Waals surface area contributed by atoms with Crippen LogP contribution < -0.4 is 5.32 Å². The monoisotopic (exact) mass is 226 g/mol. The minimum Gasteiger partial charge on any atom is -0.444 e. The van der Waals surface area contributed by atoms with Gasteiger partial charge in [0.1, 0.15) is 17.0 Å². The molecule has 0 saturated carbocycles. The molecule has 0 aliphatic carbocycles. The van der Waals surface area contributed by atoms with Crippen molar-refractivity contribution < 1.29 is 14.1 Å². The fraction of sp³-hybridized carbons (Fsp3) is 0.636. The molecule has 1 N–H and O–H groups in total. The average molecular weight is 226 g/mol. The maximum absolute atomic E-state index is 11.5. The lowest BCUT2D eigenvalue weighted by molar-refractivity contribution is 0.0635. The summed E-state index contributed by atoms with van der Waals surface area (Å²) in [4.78, 5) is 11.5. The summed E-state index contributed by atoms with van der Waals surface area (Å²) in [5.41, 5.74) is 0.821. The van der Waals surface area contributed by atoms with Crippen molar-refractivity contribution in [3.05, 3.63) is 11.5 Å². The molecule has 1 heterocycles. The molecular formula is C11H18N2O3. The van der Waals surface area contributed by atoms with Crippen molar-refractivity contribution in [1.82, 2.24) is 5.16 Å². The summed E-state index contributed by atoms with van der Waals surface area (Å²) in [7, 11) is 0.